The lowest BCUT2D eigenvalue weighted by atomic mass is 9.88. The Kier molecular flexibility index (Phi) is 6.58. The molecule has 3 aromatic rings. The number of rotatable bonds is 7. The van der Waals surface area contributed by atoms with Crippen molar-refractivity contribution in [3.8, 4) is 0 Å². The SMILES string of the molecule is CC(=O)Nc1ccc(C(=O)NCCC(c2ccccc2)c2ccccc2)cc1. The van der Waals surface area contributed by atoms with Crippen LogP contribution in [0.15, 0.2) is 84.9 Å². The van der Waals surface area contributed by atoms with Gasteiger partial charge in [0.1, 0.15) is 0 Å². The van der Waals surface area contributed by atoms with E-state index < -0.39 is 0 Å². The second-order valence-electron chi connectivity index (χ2n) is 6.68. The number of carbonyl (C=O) groups excluding carboxylic acids is 2. The van der Waals surface area contributed by atoms with Crippen molar-refractivity contribution >= 4 is 17.5 Å². The van der Waals surface area contributed by atoms with Crippen LogP contribution in [0, 0.1) is 0 Å². The van der Waals surface area contributed by atoms with E-state index in [0.29, 0.717) is 17.8 Å². The Bertz CT molecular complexity index is 867. The lowest BCUT2D eigenvalue weighted by molar-refractivity contribution is -0.114. The predicted octanol–water partition coefficient (Wildman–Crippen LogP) is 4.60. The van der Waals surface area contributed by atoms with Gasteiger partial charge in [-0.05, 0) is 41.8 Å². The molecule has 0 saturated heterocycles. The maximum absolute atomic E-state index is 12.4. The molecule has 0 bridgehead atoms. The molecule has 0 aliphatic heterocycles. The zero-order valence-electron chi connectivity index (χ0n) is 15.9. The highest BCUT2D eigenvalue weighted by atomic mass is 16.2. The summed E-state index contributed by atoms with van der Waals surface area (Å²) in [7, 11) is 0. The second kappa shape index (κ2) is 9.51. The van der Waals surface area contributed by atoms with Gasteiger partial charge in [-0.3, -0.25) is 9.59 Å². The van der Waals surface area contributed by atoms with E-state index >= 15 is 0 Å². The summed E-state index contributed by atoms with van der Waals surface area (Å²) in [6, 6.07) is 27.6. The van der Waals surface area contributed by atoms with E-state index in [9.17, 15) is 9.59 Å². The lowest BCUT2D eigenvalue weighted by Crippen LogP contribution is -2.25. The standard InChI is InChI=1S/C24H24N2O2/c1-18(27)26-22-14-12-21(13-15-22)24(28)25-17-16-23(19-8-4-2-5-9-19)20-10-6-3-7-11-20/h2-15,23H,16-17H2,1H3,(H,25,28)(H,26,27). The Morgan fingerprint density at radius 2 is 1.32 bits per heavy atom. The summed E-state index contributed by atoms with van der Waals surface area (Å²) in [5, 5.41) is 5.70. The molecule has 2 N–H and O–H groups in total. The molecule has 142 valence electrons. The molecule has 0 aromatic heterocycles. The van der Waals surface area contributed by atoms with E-state index in [-0.39, 0.29) is 17.7 Å². The third kappa shape index (κ3) is 5.30. The van der Waals surface area contributed by atoms with Crippen molar-refractivity contribution in [3.63, 3.8) is 0 Å². The van der Waals surface area contributed by atoms with Gasteiger partial charge in [0, 0.05) is 30.6 Å². The van der Waals surface area contributed by atoms with Crippen LogP contribution in [0.5, 0.6) is 0 Å². The minimum Gasteiger partial charge on any atom is -0.352 e. The number of benzene rings is 3. The van der Waals surface area contributed by atoms with Gasteiger partial charge in [0.15, 0.2) is 0 Å². The molecule has 0 radical (unpaired) electrons. The Labute approximate surface area is 165 Å². The van der Waals surface area contributed by atoms with Crippen LogP contribution in [-0.2, 0) is 4.79 Å². The van der Waals surface area contributed by atoms with E-state index in [1.807, 2.05) is 36.4 Å². The molecular weight excluding hydrogens is 348 g/mol. The molecule has 3 aromatic carbocycles. The van der Waals surface area contributed by atoms with E-state index in [0.717, 1.165) is 6.42 Å². The van der Waals surface area contributed by atoms with Crippen LogP contribution in [-0.4, -0.2) is 18.4 Å². The first-order valence-corrected chi connectivity index (χ1v) is 9.39. The predicted molar refractivity (Wildman–Crippen MR) is 112 cm³/mol. The summed E-state index contributed by atoms with van der Waals surface area (Å²) in [6.45, 7) is 2.03. The van der Waals surface area contributed by atoms with Gasteiger partial charge < -0.3 is 10.6 Å². The molecule has 0 aliphatic carbocycles. The van der Waals surface area contributed by atoms with Crippen molar-refractivity contribution in [2.75, 3.05) is 11.9 Å². The first-order valence-electron chi connectivity index (χ1n) is 9.39. The number of anilines is 1. The fraction of sp³-hybridized carbons (Fsp3) is 0.167. The van der Waals surface area contributed by atoms with E-state index in [1.165, 1.54) is 18.1 Å². The van der Waals surface area contributed by atoms with E-state index in [4.69, 9.17) is 0 Å². The van der Waals surface area contributed by atoms with Crippen molar-refractivity contribution in [1.82, 2.24) is 5.32 Å². The highest BCUT2D eigenvalue weighted by molar-refractivity contribution is 5.95. The summed E-state index contributed by atoms with van der Waals surface area (Å²) < 4.78 is 0. The van der Waals surface area contributed by atoms with Crippen molar-refractivity contribution in [1.29, 1.82) is 0 Å². The number of nitrogens with one attached hydrogen (secondary N) is 2. The Hall–Kier alpha value is -3.40. The van der Waals surface area contributed by atoms with Crippen LogP contribution in [0.25, 0.3) is 0 Å². The minimum absolute atomic E-state index is 0.116. The van der Waals surface area contributed by atoms with Crippen molar-refractivity contribution in [2.24, 2.45) is 0 Å². The van der Waals surface area contributed by atoms with Crippen LogP contribution in [0.3, 0.4) is 0 Å². The van der Waals surface area contributed by atoms with Gasteiger partial charge in [-0.15, -0.1) is 0 Å². The summed E-state index contributed by atoms with van der Waals surface area (Å²) in [4.78, 5) is 23.5. The van der Waals surface area contributed by atoms with Gasteiger partial charge in [-0.1, -0.05) is 60.7 Å². The molecule has 4 nitrogen and oxygen atoms in total. The zero-order valence-corrected chi connectivity index (χ0v) is 15.9. The quantitative estimate of drug-likeness (QED) is 0.637. The highest BCUT2D eigenvalue weighted by Crippen LogP contribution is 2.27. The van der Waals surface area contributed by atoms with E-state index in [2.05, 4.69) is 34.9 Å². The molecule has 0 unspecified atom stereocenters. The molecule has 28 heavy (non-hydrogen) atoms. The smallest absolute Gasteiger partial charge is 0.251 e. The first-order chi connectivity index (χ1) is 13.6. The molecule has 0 atom stereocenters. The Balaban J connectivity index is 1.62. The highest BCUT2D eigenvalue weighted by Gasteiger charge is 2.14. The maximum atomic E-state index is 12.4. The van der Waals surface area contributed by atoms with Gasteiger partial charge in [0.05, 0.1) is 0 Å². The third-order valence-corrected chi connectivity index (χ3v) is 4.59. The summed E-state index contributed by atoms with van der Waals surface area (Å²) in [6.07, 6.45) is 0.809. The van der Waals surface area contributed by atoms with Crippen LogP contribution in [0.2, 0.25) is 0 Å². The van der Waals surface area contributed by atoms with Crippen LogP contribution in [0.4, 0.5) is 5.69 Å². The Morgan fingerprint density at radius 1 is 0.786 bits per heavy atom. The number of carbonyl (C=O) groups is 2. The van der Waals surface area contributed by atoms with Crippen LogP contribution in [0.1, 0.15) is 40.7 Å². The molecule has 0 spiro atoms. The van der Waals surface area contributed by atoms with Crippen molar-refractivity contribution in [3.05, 3.63) is 102 Å². The largest absolute Gasteiger partial charge is 0.352 e. The summed E-state index contributed by atoms with van der Waals surface area (Å²) in [5.41, 5.74) is 3.73. The molecule has 0 saturated carbocycles. The average molecular weight is 372 g/mol. The molecule has 4 heteroatoms. The Morgan fingerprint density at radius 3 is 1.82 bits per heavy atom. The number of hydrogen-bond donors (Lipinski definition) is 2. The van der Waals surface area contributed by atoms with Gasteiger partial charge in [-0.25, -0.2) is 0 Å². The minimum atomic E-state index is -0.134. The monoisotopic (exact) mass is 372 g/mol. The average Bonchev–Trinajstić information content (AvgIpc) is 2.72. The zero-order chi connectivity index (χ0) is 19.8. The fourth-order valence-electron chi connectivity index (χ4n) is 3.24. The molecule has 2 amide bonds. The topological polar surface area (TPSA) is 58.2 Å². The molecule has 0 heterocycles. The first kappa shape index (κ1) is 19.4. The second-order valence-corrected chi connectivity index (χ2v) is 6.68. The number of hydrogen-bond acceptors (Lipinski definition) is 2. The van der Waals surface area contributed by atoms with Crippen molar-refractivity contribution < 1.29 is 9.59 Å². The molecule has 0 aliphatic rings. The molecule has 0 fully saturated rings. The maximum Gasteiger partial charge on any atom is 0.251 e. The summed E-state index contributed by atoms with van der Waals surface area (Å²) >= 11 is 0. The lowest BCUT2D eigenvalue weighted by Gasteiger charge is -2.18. The van der Waals surface area contributed by atoms with Gasteiger partial charge in [0.25, 0.3) is 5.91 Å². The van der Waals surface area contributed by atoms with Gasteiger partial charge in [-0.2, -0.15) is 0 Å². The third-order valence-electron chi connectivity index (χ3n) is 4.59. The van der Waals surface area contributed by atoms with Crippen molar-refractivity contribution in [2.45, 2.75) is 19.3 Å². The normalized spacial score (nSPS) is 10.5. The molecule has 3 rings (SSSR count). The van der Waals surface area contributed by atoms with Gasteiger partial charge in [0.2, 0.25) is 5.91 Å². The molecular formula is C24H24N2O2. The van der Waals surface area contributed by atoms with Crippen LogP contribution < -0.4 is 10.6 Å². The van der Waals surface area contributed by atoms with Crippen LogP contribution >= 0.6 is 0 Å². The summed E-state index contributed by atoms with van der Waals surface area (Å²) in [5.74, 6) is -0.0239. The van der Waals surface area contributed by atoms with Gasteiger partial charge >= 0.3 is 0 Å². The number of amides is 2. The van der Waals surface area contributed by atoms with E-state index in [1.54, 1.807) is 24.3 Å². The fourth-order valence-corrected chi connectivity index (χ4v) is 3.24.